The van der Waals surface area contributed by atoms with Crippen molar-refractivity contribution in [1.29, 1.82) is 0 Å². The Hall–Kier alpha value is -4.44. The molecule has 1 aliphatic rings. The van der Waals surface area contributed by atoms with Gasteiger partial charge in [0.05, 0.1) is 35.3 Å². The number of benzene rings is 3. The van der Waals surface area contributed by atoms with Crippen LogP contribution in [0.1, 0.15) is 27.5 Å². The van der Waals surface area contributed by atoms with Crippen molar-refractivity contribution in [2.24, 2.45) is 0 Å². The van der Waals surface area contributed by atoms with Crippen LogP contribution in [0.2, 0.25) is 0 Å². The molecule has 5 rings (SSSR count). The Balaban J connectivity index is 1.72. The molecule has 4 aromatic rings. The fourth-order valence-corrected chi connectivity index (χ4v) is 4.45. The van der Waals surface area contributed by atoms with Crippen molar-refractivity contribution in [1.82, 2.24) is 9.97 Å². The number of nitrogens with zero attached hydrogens (tertiary/aromatic N) is 2. The Morgan fingerprint density at radius 1 is 1.03 bits per heavy atom. The molecule has 1 amide bonds. The average Bonchev–Trinajstić information content (AvgIpc) is 3.41. The number of H-pyrrole nitrogens is 1. The minimum atomic E-state index is -1.11. The molecule has 0 bridgehead atoms. The van der Waals surface area contributed by atoms with Crippen LogP contribution >= 0.6 is 15.9 Å². The Bertz CT molecular complexity index is 1570. The van der Waals surface area contributed by atoms with Gasteiger partial charge in [-0.3, -0.25) is 14.5 Å². The summed E-state index contributed by atoms with van der Waals surface area (Å²) in [6.07, 6.45) is 0. The normalized spacial score (nSPS) is 17.1. The molecule has 36 heavy (non-hydrogen) atoms. The molecule has 2 heterocycles. The fraction of sp³-hybridized carbons (Fsp3) is 0.0769. The van der Waals surface area contributed by atoms with E-state index in [4.69, 9.17) is 4.74 Å². The monoisotopic (exact) mass is 547 g/mol. The van der Waals surface area contributed by atoms with Gasteiger partial charge >= 0.3 is 11.9 Å². The Kier molecular flexibility index (Phi) is 5.81. The number of carbonyl (C=O) groups is 3. The lowest BCUT2D eigenvalue weighted by atomic mass is 9.95. The van der Waals surface area contributed by atoms with Crippen molar-refractivity contribution in [3.8, 4) is 5.75 Å². The van der Waals surface area contributed by atoms with Gasteiger partial charge in [0.1, 0.15) is 11.5 Å². The number of fused-ring (bicyclic) bond motifs is 1. The number of hydrogen-bond donors (Lipinski definition) is 3. The van der Waals surface area contributed by atoms with E-state index in [1.54, 1.807) is 48.5 Å². The number of aliphatic hydroxyl groups excluding tert-OH is 1. The van der Waals surface area contributed by atoms with E-state index >= 15 is 0 Å². The van der Waals surface area contributed by atoms with Gasteiger partial charge in [-0.25, -0.2) is 9.78 Å². The zero-order valence-corrected chi connectivity index (χ0v) is 20.3. The van der Waals surface area contributed by atoms with Gasteiger partial charge in [-0.2, -0.15) is 0 Å². The molecule has 1 atom stereocenters. The van der Waals surface area contributed by atoms with E-state index in [9.17, 15) is 24.6 Å². The van der Waals surface area contributed by atoms with E-state index in [1.807, 2.05) is 0 Å². The third kappa shape index (κ3) is 3.91. The molecular formula is C26H18BrN3O6. The molecule has 1 aliphatic heterocycles. The number of aromatic nitrogens is 2. The lowest BCUT2D eigenvalue weighted by Gasteiger charge is -2.23. The summed E-state index contributed by atoms with van der Waals surface area (Å²) >= 11 is 3.34. The van der Waals surface area contributed by atoms with Crippen molar-refractivity contribution in [3.05, 3.63) is 93.5 Å². The van der Waals surface area contributed by atoms with E-state index in [0.29, 0.717) is 27.9 Å². The molecule has 0 aliphatic carbocycles. The van der Waals surface area contributed by atoms with E-state index in [-0.39, 0.29) is 22.8 Å². The highest BCUT2D eigenvalue weighted by atomic mass is 79.9. The van der Waals surface area contributed by atoms with Crippen LogP contribution in [0, 0.1) is 0 Å². The Morgan fingerprint density at radius 2 is 1.75 bits per heavy atom. The molecule has 3 N–H and O–H groups in total. The number of imidazole rings is 1. The minimum absolute atomic E-state index is 0.0392. The molecule has 3 aromatic carbocycles. The number of aromatic amines is 1. The summed E-state index contributed by atoms with van der Waals surface area (Å²) in [4.78, 5) is 46.6. The van der Waals surface area contributed by atoms with Gasteiger partial charge in [0.15, 0.2) is 0 Å². The minimum Gasteiger partial charge on any atom is -0.507 e. The molecule has 0 radical (unpaired) electrons. The molecule has 1 saturated heterocycles. The third-order valence-corrected chi connectivity index (χ3v) is 6.44. The Labute approximate surface area is 212 Å². The second-order valence-corrected chi connectivity index (χ2v) is 8.97. The summed E-state index contributed by atoms with van der Waals surface area (Å²) in [5, 5.41) is 20.5. The molecule has 10 heteroatoms. The number of rotatable bonds is 5. The summed E-state index contributed by atoms with van der Waals surface area (Å²) in [6.45, 7) is 0. The highest BCUT2D eigenvalue weighted by molar-refractivity contribution is 9.10. The van der Waals surface area contributed by atoms with Crippen molar-refractivity contribution in [2.75, 3.05) is 12.0 Å². The maximum Gasteiger partial charge on any atom is 0.335 e. The van der Waals surface area contributed by atoms with Gasteiger partial charge in [-0.15, -0.1) is 0 Å². The molecule has 1 aromatic heterocycles. The zero-order valence-electron chi connectivity index (χ0n) is 18.7. The summed E-state index contributed by atoms with van der Waals surface area (Å²) < 4.78 is 6.12. The van der Waals surface area contributed by atoms with Gasteiger partial charge in [0, 0.05) is 10.0 Å². The lowest BCUT2D eigenvalue weighted by Crippen LogP contribution is -2.30. The lowest BCUT2D eigenvalue weighted by molar-refractivity contribution is -0.132. The highest BCUT2D eigenvalue weighted by Gasteiger charge is 2.48. The van der Waals surface area contributed by atoms with Gasteiger partial charge in [0.2, 0.25) is 5.95 Å². The number of hydrogen-bond acceptors (Lipinski definition) is 6. The number of ketones is 1. The third-order valence-electron chi connectivity index (χ3n) is 5.92. The average molecular weight is 548 g/mol. The number of carbonyl (C=O) groups excluding carboxylic acids is 2. The first-order chi connectivity index (χ1) is 17.3. The van der Waals surface area contributed by atoms with Crippen LogP contribution in [0.5, 0.6) is 5.75 Å². The number of amides is 1. The first-order valence-electron chi connectivity index (χ1n) is 10.7. The number of methoxy groups -OCH3 is 1. The molecule has 9 nitrogen and oxygen atoms in total. The van der Waals surface area contributed by atoms with E-state index in [0.717, 1.165) is 4.47 Å². The number of Topliss-reactive ketones (excluding diaryl/α,β-unsaturated/α-hetero) is 1. The molecule has 0 saturated carbocycles. The number of aliphatic hydroxyl groups is 1. The SMILES string of the molecule is COc1cccc(C2/C(=C(\O)c3ccc(Br)cc3)C(=O)C(=O)N2c2nc3ccc(C(=O)O)cc3[nH]2)c1. The maximum atomic E-state index is 13.3. The number of anilines is 1. The van der Waals surface area contributed by atoms with E-state index < -0.39 is 23.7 Å². The van der Waals surface area contributed by atoms with Crippen molar-refractivity contribution < 1.29 is 29.3 Å². The highest BCUT2D eigenvalue weighted by Crippen LogP contribution is 2.42. The van der Waals surface area contributed by atoms with Crippen molar-refractivity contribution in [3.63, 3.8) is 0 Å². The van der Waals surface area contributed by atoms with Gasteiger partial charge in [-0.05, 0) is 48.0 Å². The fourth-order valence-electron chi connectivity index (χ4n) is 4.18. The largest absolute Gasteiger partial charge is 0.507 e. The number of carboxylic acid groups (broad SMARTS) is 1. The predicted octanol–water partition coefficient (Wildman–Crippen LogP) is 4.66. The zero-order chi connectivity index (χ0) is 25.6. The molecule has 1 unspecified atom stereocenters. The Morgan fingerprint density at radius 3 is 2.44 bits per heavy atom. The summed E-state index contributed by atoms with van der Waals surface area (Å²) in [7, 11) is 1.50. The maximum absolute atomic E-state index is 13.3. The smallest absolute Gasteiger partial charge is 0.335 e. The van der Waals surface area contributed by atoms with Crippen LogP contribution in [0.25, 0.3) is 16.8 Å². The number of aromatic carboxylic acids is 1. The number of halogens is 1. The summed E-state index contributed by atoms with van der Waals surface area (Å²) in [5.74, 6) is -2.68. The van der Waals surface area contributed by atoms with Crippen LogP contribution in [0.4, 0.5) is 5.95 Å². The van der Waals surface area contributed by atoms with Crippen LogP contribution in [-0.2, 0) is 9.59 Å². The van der Waals surface area contributed by atoms with Crippen molar-refractivity contribution in [2.45, 2.75) is 6.04 Å². The second kappa shape index (κ2) is 8.97. The number of nitrogens with one attached hydrogen (secondary N) is 1. The molecule has 180 valence electrons. The summed E-state index contributed by atoms with van der Waals surface area (Å²) in [6, 6.07) is 16.8. The van der Waals surface area contributed by atoms with E-state index in [1.165, 1.54) is 30.2 Å². The second-order valence-electron chi connectivity index (χ2n) is 8.05. The first kappa shape index (κ1) is 23.3. The van der Waals surface area contributed by atoms with E-state index in [2.05, 4.69) is 25.9 Å². The summed E-state index contributed by atoms with van der Waals surface area (Å²) in [5.41, 5.74) is 1.60. The first-order valence-corrected chi connectivity index (χ1v) is 11.5. The molecule has 0 spiro atoms. The van der Waals surface area contributed by atoms with Crippen LogP contribution in [-0.4, -0.2) is 45.0 Å². The van der Waals surface area contributed by atoms with Crippen molar-refractivity contribution >= 4 is 56.3 Å². The van der Waals surface area contributed by atoms with Crippen LogP contribution < -0.4 is 9.64 Å². The van der Waals surface area contributed by atoms with Gasteiger partial charge in [0.25, 0.3) is 5.78 Å². The van der Waals surface area contributed by atoms with Gasteiger partial charge < -0.3 is 19.9 Å². The quantitative estimate of drug-likeness (QED) is 0.188. The predicted molar refractivity (Wildman–Crippen MR) is 135 cm³/mol. The molecular weight excluding hydrogens is 530 g/mol. The number of carboxylic acids is 1. The van der Waals surface area contributed by atoms with Crippen LogP contribution in [0.3, 0.4) is 0 Å². The molecule has 1 fully saturated rings. The van der Waals surface area contributed by atoms with Crippen LogP contribution in [0.15, 0.2) is 76.8 Å². The number of ether oxygens (including phenoxy) is 1. The topological polar surface area (TPSA) is 133 Å². The van der Waals surface area contributed by atoms with Gasteiger partial charge in [-0.1, -0.05) is 40.2 Å². The standard InChI is InChI=1S/C26H18BrN3O6/c1-36-17-4-2-3-14(11-17)21-20(22(31)13-5-8-16(27)9-6-13)23(32)24(33)30(21)26-28-18-10-7-15(25(34)35)12-19(18)29-26/h2-12,21,31H,1H3,(H,28,29)(H,34,35)/b22-20+.